The summed E-state index contributed by atoms with van der Waals surface area (Å²) in [6.07, 6.45) is -1.27. The first-order valence-corrected chi connectivity index (χ1v) is 3.66. The Morgan fingerprint density at radius 1 is 1.42 bits per heavy atom. The topological polar surface area (TPSA) is 46.5 Å². The van der Waals surface area contributed by atoms with E-state index < -0.39 is 6.16 Å². The molecule has 0 aliphatic heterocycles. The first kappa shape index (κ1) is 8.87. The summed E-state index contributed by atoms with van der Waals surface area (Å²) < 4.78 is 4.34. The summed E-state index contributed by atoms with van der Waals surface area (Å²) in [5, 5.41) is 8.80. The molecule has 0 radical (unpaired) electrons. The van der Waals surface area contributed by atoms with E-state index in [0.717, 1.165) is 5.56 Å². The van der Waals surface area contributed by atoms with E-state index in [4.69, 9.17) is 16.7 Å². The highest BCUT2D eigenvalue weighted by atomic mass is 35.5. The van der Waals surface area contributed by atoms with Gasteiger partial charge in [-0.2, -0.15) is 0 Å². The molecule has 0 amide bonds. The molecule has 1 N–H and O–H groups in total. The Labute approximate surface area is 74.5 Å². The van der Waals surface area contributed by atoms with Crippen LogP contribution in [0.25, 0.3) is 0 Å². The first-order valence-electron chi connectivity index (χ1n) is 3.28. The minimum atomic E-state index is -1.27. The largest absolute Gasteiger partial charge is 0.506 e. The van der Waals surface area contributed by atoms with Crippen molar-refractivity contribution in [2.45, 2.75) is 6.61 Å². The van der Waals surface area contributed by atoms with Crippen LogP contribution >= 0.6 is 11.6 Å². The third-order valence-electron chi connectivity index (χ3n) is 1.28. The normalized spacial score (nSPS) is 9.42. The van der Waals surface area contributed by atoms with Crippen molar-refractivity contribution < 1.29 is 14.6 Å². The lowest BCUT2D eigenvalue weighted by Crippen LogP contribution is -1.99. The lowest BCUT2D eigenvalue weighted by molar-refractivity contribution is 0.0854. The van der Waals surface area contributed by atoms with Crippen molar-refractivity contribution in [3.05, 3.63) is 34.9 Å². The van der Waals surface area contributed by atoms with E-state index in [0.29, 0.717) is 5.02 Å². The summed E-state index contributed by atoms with van der Waals surface area (Å²) >= 11 is 5.62. The van der Waals surface area contributed by atoms with Crippen LogP contribution in [0.4, 0.5) is 4.79 Å². The monoisotopic (exact) mass is 186 g/mol. The number of ether oxygens (including phenoxy) is 1. The van der Waals surface area contributed by atoms with Gasteiger partial charge >= 0.3 is 6.16 Å². The van der Waals surface area contributed by atoms with Crippen LogP contribution in [-0.2, 0) is 11.3 Å². The molecule has 0 aliphatic carbocycles. The average Bonchev–Trinajstić information content (AvgIpc) is 2.03. The Bertz CT molecular complexity index is 268. The highest BCUT2D eigenvalue weighted by Gasteiger charge is 1.97. The molecule has 1 aromatic rings. The smallest absolute Gasteiger partial charge is 0.450 e. The van der Waals surface area contributed by atoms with Gasteiger partial charge in [0, 0.05) is 5.02 Å². The molecule has 0 atom stereocenters. The van der Waals surface area contributed by atoms with Crippen molar-refractivity contribution in [1.29, 1.82) is 0 Å². The van der Waals surface area contributed by atoms with Crippen molar-refractivity contribution in [2.75, 3.05) is 0 Å². The van der Waals surface area contributed by atoms with Crippen LogP contribution in [0.1, 0.15) is 5.56 Å². The summed E-state index contributed by atoms with van der Waals surface area (Å²) in [6.45, 7) is 0.0620. The van der Waals surface area contributed by atoms with Gasteiger partial charge in [0.05, 0.1) is 0 Å². The van der Waals surface area contributed by atoms with E-state index in [1.54, 1.807) is 24.3 Å². The van der Waals surface area contributed by atoms with Gasteiger partial charge in [-0.05, 0) is 17.7 Å². The van der Waals surface area contributed by atoms with Crippen molar-refractivity contribution in [3.63, 3.8) is 0 Å². The average molecular weight is 187 g/mol. The molecule has 1 aromatic carbocycles. The molecule has 0 unspecified atom stereocenters. The molecule has 1 rings (SSSR count). The number of carbonyl (C=O) groups is 1. The molecule has 0 saturated heterocycles. The van der Waals surface area contributed by atoms with Crippen molar-refractivity contribution in [1.82, 2.24) is 0 Å². The van der Waals surface area contributed by atoms with Crippen LogP contribution in [0.5, 0.6) is 0 Å². The van der Waals surface area contributed by atoms with Gasteiger partial charge in [0.15, 0.2) is 0 Å². The van der Waals surface area contributed by atoms with Gasteiger partial charge in [-0.15, -0.1) is 0 Å². The van der Waals surface area contributed by atoms with Crippen LogP contribution in [0.3, 0.4) is 0 Å². The summed E-state index contributed by atoms with van der Waals surface area (Å²) in [5.41, 5.74) is 0.779. The summed E-state index contributed by atoms with van der Waals surface area (Å²) in [6, 6.07) is 6.79. The fraction of sp³-hybridized carbons (Fsp3) is 0.125. The van der Waals surface area contributed by atoms with Gasteiger partial charge in [0.1, 0.15) is 6.61 Å². The number of rotatable bonds is 2. The zero-order chi connectivity index (χ0) is 8.97. The Kier molecular flexibility index (Phi) is 2.94. The minimum Gasteiger partial charge on any atom is -0.450 e. The molecule has 12 heavy (non-hydrogen) atoms. The highest BCUT2D eigenvalue weighted by molar-refractivity contribution is 6.30. The van der Waals surface area contributed by atoms with Gasteiger partial charge in [0.25, 0.3) is 0 Å². The van der Waals surface area contributed by atoms with Crippen molar-refractivity contribution in [3.8, 4) is 0 Å². The molecule has 0 heterocycles. The van der Waals surface area contributed by atoms with Crippen LogP contribution in [0.2, 0.25) is 5.02 Å². The molecule has 0 saturated carbocycles. The lowest BCUT2D eigenvalue weighted by atomic mass is 10.2. The summed E-state index contributed by atoms with van der Waals surface area (Å²) in [5.74, 6) is 0. The first-order chi connectivity index (χ1) is 5.68. The van der Waals surface area contributed by atoms with E-state index >= 15 is 0 Å². The molecule has 0 fully saturated rings. The molecular formula is C8H7ClO3. The maximum absolute atomic E-state index is 9.99. The minimum absolute atomic E-state index is 0.0620. The van der Waals surface area contributed by atoms with E-state index in [-0.39, 0.29) is 6.61 Å². The zero-order valence-corrected chi connectivity index (χ0v) is 6.91. The molecule has 0 spiro atoms. The Hall–Kier alpha value is -1.22. The summed E-state index contributed by atoms with van der Waals surface area (Å²) in [7, 11) is 0. The maximum atomic E-state index is 9.99. The molecule has 3 nitrogen and oxygen atoms in total. The zero-order valence-electron chi connectivity index (χ0n) is 6.16. The second-order valence-corrected chi connectivity index (χ2v) is 2.62. The predicted molar refractivity (Wildman–Crippen MR) is 44.3 cm³/mol. The summed E-state index contributed by atoms with van der Waals surface area (Å²) in [4.78, 5) is 9.99. The van der Waals surface area contributed by atoms with Gasteiger partial charge < -0.3 is 9.84 Å². The molecule has 0 aliphatic rings. The number of benzene rings is 1. The fourth-order valence-corrected chi connectivity index (χ4v) is 0.852. The maximum Gasteiger partial charge on any atom is 0.506 e. The Morgan fingerprint density at radius 3 is 2.50 bits per heavy atom. The second-order valence-electron chi connectivity index (χ2n) is 2.18. The van der Waals surface area contributed by atoms with E-state index in [2.05, 4.69) is 4.74 Å². The fourth-order valence-electron chi connectivity index (χ4n) is 0.726. The molecule has 0 bridgehead atoms. The third kappa shape index (κ3) is 2.80. The molecule has 64 valence electrons. The van der Waals surface area contributed by atoms with Crippen LogP contribution in [0, 0.1) is 0 Å². The van der Waals surface area contributed by atoms with Crippen LogP contribution < -0.4 is 0 Å². The lowest BCUT2D eigenvalue weighted by Gasteiger charge is -1.99. The van der Waals surface area contributed by atoms with Crippen LogP contribution in [-0.4, -0.2) is 11.3 Å². The quantitative estimate of drug-likeness (QED) is 0.722. The van der Waals surface area contributed by atoms with Gasteiger partial charge in [-0.1, -0.05) is 23.7 Å². The standard InChI is InChI=1S/C8H7ClO3/c9-7-3-1-6(2-4-7)5-12-8(10)11/h1-4H,5H2,(H,10,11). The van der Waals surface area contributed by atoms with E-state index in [1.165, 1.54) is 0 Å². The number of hydrogen-bond acceptors (Lipinski definition) is 2. The predicted octanol–water partition coefficient (Wildman–Crippen LogP) is 2.53. The number of carboxylic acid groups (broad SMARTS) is 1. The van der Waals surface area contributed by atoms with Crippen molar-refractivity contribution in [2.24, 2.45) is 0 Å². The van der Waals surface area contributed by atoms with Gasteiger partial charge in [-0.25, -0.2) is 4.79 Å². The molecule has 4 heteroatoms. The van der Waals surface area contributed by atoms with E-state index in [9.17, 15) is 4.79 Å². The third-order valence-corrected chi connectivity index (χ3v) is 1.53. The van der Waals surface area contributed by atoms with E-state index in [1.807, 2.05) is 0 Å². The SMILES string of the molecule is O=C(O)OCc1ccc(Cl)cc1. The molecule has 0 aromatic heterocycles. The van der Waals surface area contributed by atoms with Gasteiger partial charge in [-0.3, -0.25) is 0 Å². The molecular weight excluding hydrogens is 180 g/mol. The van der Waals surface area contributed by atoms with Crippen LogP contribution in [0.15, 0.2) is 24.3 Å². The van der Waals surface area contributed by atoms with Crippen molar-refractivity contribution >= 4 is 17.8 Å². The Morgan fingerprint density at radius 2 is 2.00 bits per heavy atom. The highest BCUT2D eigenvalue weighted by Crippen LogP contribution is 2.09. The number of hydrogen-bond donors (Lipinski definition) is 1. The van der Waals surface area contributed by atoms with Gasteiger partial charge in [0.2, 0.25) is 0 Å². The Balaban J connectivity index is 2.53. The second kappa shape index (κ2) is 3.97. The number of halogens is 1.